The molecule has 0 radical (unpaired) electrons. The molecule has 5 nitrogen and oxygen atoms in total. The first-order valence-electron chi connectivity index (χ1n) is 6.63. The number of sulfone groups is 1. The molecule has 0 unspecified atom stereocenters. The van der Waals surface area contributed by atoms with Crippen molar-refractivity contribution < 1.29 is 8.42 Å². The van der Waals surface area contributed by atoms with Crippen molar-refractivity contribution in [1.29, 1.82) is 5.26 Å². The number of hydrogen-bond donors (Lipinski definition) is 0. The van der Waals surface area contributed by atoms with Crippen LogP contribution < -0.4 is 0 Å². The monoisotopic (exact) mass is 311 g/mol. The zero-order valence-electron chi connectivity index (χ0n) is 11.9. The molecule has 0 bridgehead atoms. The Kier molecular flexibility index (Phi) is 3.43. The van der Waals surface area contributed by atoms with Crippen molar-refractivity contribution in [2.45, 2.75) is 11.7 Å². The van der Waals surface area contributed by atoms with Crippen LogP contribution in [0.15, 0.2) is 53.7 Å². The number of para-hydroxylation sites is 2. The Morgan fingerprint density at radius 2 is 1.82 bits per heavy atom. The van der Waals surface area contributed by atoms with Crippen LogP contribution in [0.2, 0.25) is 0 Å². The van der Waals surface area contributed by atoms with Gasteiger partial charge in [0, 0.05) is 6.26 Å². The summed E-state index contributed by atoms with van der Waals surface area (Å²) in [5, 5.41) is 8.89. The van der Waals surface area contributed by atoms with Crippen LogP contribution in [0.1, 0.15) is 11.1 Å². The number of aromatic nitrogens is 2. The van der Waals surface area contributed by atoms with E-state index in [4.69, 9.17) is 5.26 Å². The highest BCUT2D eigenvalue weighted by Crippen LogP contribution is 2.21. The van der Waals surface area contributed by atoms with Crippen LogP contribution in [0.4, 0.5) is 0 Å². The third-order valence-electron chi connectivity index (χ3n) is 3.37. The molecule has 0 saturated heterocycles. The minimum Gasteiger partial charge on any atom is -0.310 e. The summed E-state index contributed by atoms with van der Waals surface area (Å²) >= 11 is 0. The normalized spacial score (nSPS) is 11.5. The zero-order valence-corrected chi connectivity index (χ0v) is 12.7. The number of fused-ring (bicyclic) bond motifs is 1. The summed E-state index contributed by atoms with van der Waals surface area (Å²) < 4.78 is 25.7. The van der Waals surface area contributed by atoms with Crippen LogP contribution in [0.25, 0.3) is 11.0 Å². The highest BCUT2D eigenvalue weighted by Gasteiger charge is 2.19. The first kappa shape index (κ1) is 14.3. The van der Waals surface area contributed by atoms with Gasteiger partial charge in [-0.1, -0.05) is 24.3 Å². The SMILES string of the molecule is CS(=O)(=O)c1nc2ccccc2n1Cc1ccc(C#N)cc1. The van der Waals surface area contributed by atoms with Gasteiger partial charge in [0.2, 0.25) is 15.0 Å². The van der Waals surface area contributed by atoms with Crippen molar-refractivity contribution in [3.8, 4) is 6.07 Å². The van der Waals surface area contributed by atoms with E-state index in [0.29, 0.717) is 17.6 Å². The van der Waals surface area contributed by atoms with Crippen LogP contribution >= 0.6 is 0 Å². The summed E-state index contributed by atoms with van der Waals surface area (Å²) in [5.74, 6) is 0. The molecule has 0 atom stereocenters. The van der Waals surface area contributed by atoms with Crippen LogP contribution in [0.5, 0.6) is 0 Å². The second-order valence-electron chi connectivity index (χ2n) is 5.05. The first-order valence-corrected chi connectivity index (χ1v) is 8.52. The second-order valence-corrected chi connectivity index (χ2v) is 6.96. The molecule has 0 spiro atoms. The third kappa shape index (κ3) is 2.59. The number of nitriles is 1. The van der Waals surface area contributed by atoms with Crippen LogP contribution in [0, 0.1) is 11.3 Å². The summed E-state index contributed by atoms with van der Waals surface area (Å²) in [5.41, 5.74) is 2.90. The molecule has 0 N–H and O–H groups in total. The van der Waals surface area contributed by atoms with E-state index < -0.39 is 9.84 Å². The van der Waals surface area contributed by atoms with E-state index in [9.17, 15) is 8.42 Å². The predicted molar refractivity (Wildman–Crippen MR) is 83.1 cm³/mol. The average molecular weight is 311 g/mol. The molecule has 6 heteroatoms. The Morgan fingerprint density at radius 1 is 1.14 bits per heavy atom. The highest BCUT2D eigenvalue weighted by atomic mass is 32.2. The Labute approximate surface area is 128 Å². The molecule has 110 valence electrons. The fourth-order valence-electron chi connectivity index (χ4n) is 2.36. The molecule has 2 aromatic carbocycles. The van der Waals surface area contributed by atoms with Gasteiger partial charge in [-0.3, -0.25) is 0 Å². The Morgan fingerprint density at radius 3 is 2.45 bits per heavy atom. The fourth-order valence-corrected chi connectivity index (χ4v) is 3.18. The lowest BCUT2D eigenvalue weighted by Gasteiger charge is -2.08. The number of nitrogens with zero attached hydrogens (tertiary/aromatic N) is 3. The lowest BCUT2D eigenvalue weighted by Crippen LogP contribution is -2.10. The maximum atomic E-state index is 12.0. The number of hydrogen-bond acceptors (Lipinski definition) is 4. The van der Waals surface area contributed by atoms with Crippen LogP contribution in [-0.2, 0) is 16.4 Å². The summed E-state index contributed by atoms with van der Waals surface area (Å²) in [6.45, 7) is 0.384. The molecule has 3 rings (SSSR count). The van der Waals surface area contributed by atoms with E-state index in [1.807, 2.05) is 30.3 Å². The van der Waals surface area contributed by atoms with Crippen molar-refractivity contribution in [3.05, 3.63) is 59.7 Å². The van der Waals surface area contributed by atoms with Gasteiger partial charge in [-0.15, -0.1) is 0 Å². The van der Waals surface area contributed by atoms with Gasteiger partial charge in [-0.05, 0) is 29.8 Å². The van der Waals surface area contributed by atoms with Gasteiger partial charge in [0.15, 0.2) is 0 Å². The van der Waals surface area contributed by atoms with Crippen molar-refractivity contribution in [2.75, 3.05) is 6.26 Å². The summed E-state index contributed by atoms with van der Waals surface area (Å²) in [6.07, 6.45) is 1.16. The maximum Gasteiger partial charge on any atom is 0.228 e. The molecule has 0 aliphatic heterocycles. The topological polar surface area (TPSA) is 75.8 Å². The highest BCUT2D eigenvalue weighted by molar-refractivity contribution is 7.90. The third-order valence-corrected chi connectivity index (χ3v) is 4.35. The van der Waals surface area contributed by atoms with Gasteiger partial charge in [0.1, 0.15) is 0 Å². The second kappa shape index (κ2) is 5.28. The average Bonchev–Trinajstić information content (AvgIpc) is 2.87. The minimum atomic E-state index is -3.43. The smallest absolute Gasteiger partial charge is 0.228 e. The minimum absolute atomic E-state index is 0.0538. The molecule has 1 aromatic heterocycles. The molecule has 22 heavy (non-hydrogen) atoms. The summed E-state index contributed by atoms with van der Waals surface area (Å²) in [6, 6.07) is 16.5. The standard InChI is InChI=1S/C16H13N3O2S/c1-22(20,21)16-18-14-4-2-3-5-15(14)19(16)11-13-8-6-12(10-17)7-9-13/h2-9H,11H2,1H3. The molecule has 0 fully saturated rings. The van der Waals surface area contributed by atoms with Gasteiger partial charge >= 0.3 is 0 Å². The number of rotatable bonds is 3. The van der Waals surface area contributed by atoms with E-state index >= 15 is 0 Å². The van der Waals surface area contributed by atoms with Gasteiger partial charge in [0.25, 0.3) is 0 Å². The van der Waals surface area contributed by atoms with Crippen LogP contribution in [-0.4, -0.2) is 24.2 Å². The molecular formula is C16H13N3O2S. The van der Waals surface area contributed by atoms with E-state index in [1.165, 1.54) is 0 Å². The molecule has 0 saturated carbocycles. The van der Waals surface area contributed by atoms with Crippen molar-refractivity contribution >= 4 is 20.9 Å². The van der Waals surface area contributed by atoms with E-state index in [0.717, 1.165) is 17.3 Å². The Bertz CT molecular complexity index is 980. The van der Waals surface area contributed by atoms with E-state index in [2.05, 4.69) is 11.1 Å². The van der Waals surface area contributed by atoms with E-state index in [-0.39, 0.29) is 5.16 Å². The summed E-state index contributed by atoms with van der Waals surface area (Å²) in [4.78, 5) is 4.24. The van der Waals surface area contributed by atoms with Crippen LogP contribution in [0.3, 0.4) is 0 Å². The van der Waals surface area contributed by atoms with Gasteiger partial charge in [-0.2, -0.15) is 5.26 Å². The molecule has 0 aliphatic rings. The zero-order chi connectivity index (χ0) is 15.7. The molecule has 0 aliphatic carbocycles. The lowest BCUT2D eigenvalue weighted by molar-refractivity contribution is 0.581. The molecule has 0 amide bonds. The molecule has 1 heterocycles. The summed E-state index contributed by atoms with van der Waals surface area (Å²) in [7, 11) is -3.43. The van der Waals surface area contributed by atoms with Crippen molar-refractivity contribution in [3.63, 3.8) is 0 Å². The Hall–Kier alpha value is -2.65. The van der Waals surface area contributed by atoms with Crippen molar-refractivity contribution in [2.24, 2.45) is 0 Å². The number of imidazole rings is 1. The van der Waals surface area contributed by atoms with Crippen molar-refractivity contribution in [1.82, 2.24) is 9.55 Å². The number of benzene rings is 2. The predicted octanol–water partition coefficient (Wildman–Crippen LogP) is 2.36. The largest absolute Gasteiger partial charge is 0.310 e. The van der Waals surface area contributed by atoms with Gasteiger partial charge < -0.3 is 4.57 Å². The maximum absolute atomic E-state index is 12.0. The first-order chi connectivity index (χ1) is 10.5. The fraction of sp³-hybridized carbons (Fsp3) is 0.125. The molecule has 3 aromatic rings. The van der Waals surface area contributed by atoms with E-state index in [1.54, 1.807) is 22.8 Å². The molecular weight excluding hydrogens is 298 g/mol. The lowest BCUT2D eigenvalue weighted by atomic mass is 10.1. The van der Waals surface area contributed by atoms with Gasteiger partial charge in [-0.25, -0.2) is 13.4 Å². The quantitative estimate of drug-likeness (QED) is 0.744. The Balaban J connectivity index is 2.14. The van der Waals surface area contributed by atoms with Gasteiger partial charge in [0.05, 0.1) is 29.2 Å².